The molecule has 0 amide bonds. The smallest absolute Gasteiger partial charge is 0.229 e. The van der Waals surface area contributed by atoms with Gasteiger partial charge in [0.25, 0.3) is 0 Å². The molecule has 0 saturated carbocycles. The van der Waals surface area contributed by atoms with E-state index in [-0.39, 0.29) is 11.2 Å². The van der Waals surface area contributed by atoms with Gasteiger partial charge in [-0.1, -0.05) is 17.7 Å². The van der Waals surface area contributed by atoms with E-state index in [4.69, 9.17) is 5.73 Å². The van der Waals surface area contributed by atoms with Gasteiger partial charge in [0.05, 0.1) is 5.25 Å². The molecule has 1 heterocycles. The summed E-state index contributed by atoms with van der Waals surface area (Å²) in [5.41, 5.74) is 7.00. The highest BCUT2D eigenvalue weighted by Gasteiger charge is 2.14. The van der Waals surface area contributed by atoms with E-state index in [0.29, 0.717) is 11.8 Å². The molecule has 1 aromatic heterocycles. The zero-order valence-electron chi connectivity index (χ0n) is 12.2. The summed E-state index contributed by atoms with van der Waals surface area (Å²) in [4.78, 5) is 15.8. The first-order valence-corrected chi connectivity index (χ1v) is 7.26. The van der Waals surface area contributed by atoms with Gasteiger partial charge in [-0.25, -0.2) is 0 Å². The van der Waals surface area contributed by atoms with E-state index in [0.717, 1.165) is 0 Å². The van der Waals surface area contributed by atoms with Gasteiger partial charge in [-0.2, -0.15) is 15.0 Å². The number of aryl methyl sites for hydroxylation is 1. The van der Waals surface area contributed by atoms with Crippen LogP contribution in [0.5, 0.6) is 0 Å². The number of aromatic nitrogens is 3. The third kappa shape index (κ3) is 3.60. The largest absolute Gasteiger partial charge is 0.368 e. The van der Waals surface area contributed by atoms with Gasteiger partial charge >= 0.3 is 0 Å². The third-order valence-corrected chi connectivity index (χ3v) is 3.86. The summed E-state index contributed by atoms with van der Waals surface area (Å²) in [6.45, 7) is 4.15. The highest BCUT2D eigenvalue weighted by atomic mass is 32.2. The lowest BCUT2D eigenvalue weighted by atomic mass is 10.2. The normalized spacial score (nSPS) is 12.2. The molecular formula is C14H19N5S. The molecule has 6 heteroatoms. The average Bonchev–Trinajstić information content (AvgIpc) is 2.40. The molecule has 0 fully saturated rings. The molecule has 1 unspecified atom stereocenters. The molecule has 1 aromatic carbocycles. The van der Waals surface area contributed by atoms with Gasteiger partial charge in [-0.15, -0.1) is 11.8 Å². The van der Waals surface area contributed by atoms with Crippen molar-refractivity contribution in [2.45, 2.75) is 24.0 Å². The van der Waals surface area contributed by atoms with Crippen LogP contribution in [0.1, 0.15) is 23.6 Å². The van der Waals surface area contributed by atoms with Crippen LogP contribution in [0.15, 0.2) is 29.2 Å². The minimum atomic E-state index is 0.113. The maximum atomic E-state index is 5.75. The lowest BCUT2D eigenvalue weighted by Gasteiger charge is -2.14. The molecule has 0 aliphatic carbocycles. The van der Waals surface area contributed by atoms with Crippen LogP contribution in [0.3, 0.4) is 0 Å². The van der Waals surface area contributed by atoms with E-state index in [1.165, 1.54) is 10.5 Å². The first kappa shape index (κ1) is 14.6. The van der Waals surface area contributed by atoms with Gasteiger partial charge in [0.2, 0.25) is 11.9 Å². The highest BCUT2D eigenvalue weighted by molar-refractivity contribution is 7.99. The molecule has 0 aliphatic rings. The Kier molecular flexibility index (Phi) is 4.44. The maximum absolute atomic E-state index is 5.75. The fraction of sp³-hybridized carbons (Fsp3) is 0.357. The van der Waals surface area contributed by atoms with Crippen molar-refractivity contribution < 1.29 is 0 Å². The Morgan fingerprint density at radius 1 is 1.10 bits per heavy atom. The molecule has 0 aliphatic heterocycles. The minimum absolute atomic E-state index is 0.113. The van der Waals surface area contributed by atoms with Crippen molar-refractivity contribution in [2.75, 3.05) is 24.7 Å². The Balaban J connectivity index is 2.20. The van der Waals surface area contributed by atoms with Gasteiger partial charge in [-0.05, 0) is 26.0 Å². The molecule has 20 heavy (non-hydrogen) atoms. The van der Waals surface area contributed by atoms with Crippen LogP contribution >= 0.6 is 11.8 Å². The molecule has 5 nitrogen and oxygen atoms in total. The predicted octanol–water partition coefficient (Wildman–Crippen LogP) is 2.68. The summed E-state index contributed by atoms with van der Waals surface area (Å²) in [7, 11) is 3.77. The van der Waals surface area contributed by atoms with Crippen LogP contribution in [-0.4, -0.2) is 29.0 Å². The molecule has 0 spiro atoms. The molecule has 106 valence electrons. The van der Waals surface area contributed by atoms with E-state index in [1.54, 1.807) is 11.8 Å². The summed E-state index contributed by atoms with van der Waals surface area (Å²) in [6, 6.07) is 8.41. The number of hydrogen-bond acceptors (Lipinski definition) is 6. The molecule has 0 saturated heterocycles. The standard InChI is InChI=1S/C14H19N5S/c1-9-5-7-11(8-6-9)20-10(2)12-16-13(15)18-14(17-12)19(3)4/h5-8,10H,1-4H3,(H2,15,16,17,18). The number of hydrogen-bond donors (Lipinski definition) is 1. The van der Waals surface area contributed by atoms with Crippen molar-refractivity contribution in [1.29, 1.82) is 0 Å². The van der Waals surface area contributed by atoms with Gasteiger partial charge in [0, 0.05) is 19.0 Å². The monoisotopic (exact) mass is 289 g/mol. The Morgan fingerprint density at radius 2 is 1.75 bits per heavy atom. The van der Waals surface area contributed by atoms with Gasteiger partial charge in [0.1, 0.15) is 5.82 Å². The van der Waals surface area contributed by atoms with E-state index in [2.05, 4.69) is 53.1 Å². The molecule has 0 radical (unpaired) electrons. The van der Waals surface area contributed by atoms with Crippen LogP contribution in [0.25, 0.3) is 0 Å². The van der Waals surface area contributed by atoms with Crippen molar-refractivity contribution in [3.8, 4) is 0 Å². The first-order chi connectivity index (χ1) is 9.45. The lowest BCUT2D eigenvalue weighted by Crippen LogP contribution is -2.16. The number of anilines is 2. The average molecular weight is 289 g/mol. The zero-order chi connectivity index (χ0) is 14.7. The number of nitrogens with two attached hydrogens (primary N) is 1. The summed E-state index contributed by atoms with van der Waals surface area (Å²) < 4.78 is 0. The number of thioether (sulfide) groups is 1. The van der Waals surface area contributed by atoms with Crippen LogP contribution in [-0.2, 0) is 0 Å². The Bertz CT molecular complexity index is 583. The van der Waals surface area contributed by atoms with Gasteiger partial charge in [-0.3, -0.25) is 0 Å². The second-order valence-electron chi connectivity index (χ2n) is 4.82. The van der Waals surface area contributed by atoms with Crippen molar-refractivity contribution >= 4 is 23.7 Å². The Labute approximate surface area is 123 Å². The summed E-state index contributed by atoms with van der Waals surface area (Å²) in [5, 5.41) is 0.113. The molecule has 1 atom stereocenters. The SMILES string of the molecule is Cc1ccc(SC(C)c2nc(N)nc(N(C)C)n2)cc1. The van der Waals surface area contributed by atoms with Crippen LogP contribution < -0.4 is 10.6 Å². The van der Waals surface area contributed by atoms with E-state index < -0.39 is 0 Å². The van der Waals surface area contributed by atoms with E-state index in [9.17, 15) is 0 Å². The van der Waals surface area contributed by atoms with Crippen LogP contribution in [0.2, 0.25) is 0 Å². The fourth-order valence-electron chi connectivity index (χ4n) is 1.65. The Morgan fingerprint density at radius 3 is 2.35 bits per heavy atom. The van der Waals surface area contributed by atoms with Gasteiger partial charge in [0.15, 0.2) is 0 Å². The van der Waals surface area contributed by atoms with Crippen molar-refractivity contribution in [2.24, 2.45) is 0 Å². The minimum Gasteiger partial charge on any atom is -0.368 e. The molecule has 0 bridgehead atoms. The summed E-state index contributed by atoms with van der Waals surface area (Å²) >= 11 is 1.71. The first-order valence-electron chi connectivity index (χ1n) is 6.38. The molecule has 2 rings (SSSR count). The second-order valence-corrected chi connectivity index (χ2v) is 6.23. The zero-order valence-corrected chi connectivity index (χ0v) is 13.0. The van der Waals surface area contributed by atoms with Crippen molar-refractivity contribution in [3.05, 3.63) is 35.7 Å². The summed E-state index contributed by atoms with van der Waals surface area (Å²) in [5.74, 6) is 1.55. The molecule has 2 aromatic rings. The number of nitrogen functional groups attached to an aromatic ring is 1. The predicted molar refractivity (Wildman–Crippen MR) is 84.0 cm³/mol. The number of nitrogens with zero attached hydrogens (tertiary/aromatic N) is 4. The lowest BCUT2D eigenvalue weighted by molar-refractivity contribution is 0.865. The Hall–Kier alpha value is -1.82. The third-order valence-electron chi connectivity index (χ3n) is 2.76. The highest BCUT2D eigenvalue weighted by Crippen LogP contribution is 2.33. The van der Waals surface area contributed by atoms with E-state index >= 15 is 0 Å². The number of benzene rings is 1. The number of rotatable bonds is 4. The fourth-order valence-corrected chi connectivity index (χ4v) is 2.57. The van der Waals surface area contributed by atoms with Crippen LogP contribution in [0, 0.1) is 6.92 Å². The van der Waals surface area contributed by atoms with Crippen molar-refractivity contribution in [1.82, 2.24) is 15.0 Å². The summed E-state index contributed by atoms with van der Waals surface area (Å²) in [6.07, 6.45) is 0. The van der Waals surface area contributed by atoms with Crippen LogP contribution in [0.4, 0.5) is 11.9 Å². The van der Waals surface area contributed by atoms with Gasteiger partial charge < -0.3 is 10.6 Å². The van der Waals surface area contributed by atoms with Crippen molar-refractivity contribution in [3.63, 3.8) is 0 Å². The molecule has 2 N–H and O–H groups in total. The molecular weight excluding hydrogens is 270 g/mol. The second kappa shape index (κ2) is 6.09. The maximum Gasteiger partial charge on any atom is 0.229 e. The van der Waals surface area contributed by atoms with E-state index in [1.807, 2.05) is 19.0 Å². The quantitative estimate of drug-likeness (QED) is 0.873. The topological polar surface area (TPSA) is 67.9 Å².